The average molecular weight is 458 g/mol. The number of rotatable bonds is 6. The van der Waals surface area contributed by atoms with E-state index < -0.39 is 38.7 Å². The minimum Gasteiger partial charge on any atom is -0.378 e. The Morgan fingerprint density at radius 2 is 1.77 bits per heavy atom. The van der Waals surface area contributed by atoms with Crippen LogP contribution in [0.5, 0.6) is 0 Å². The molecule has 12 heteroatoms. The number of nitrogens with zero attached hydrogens (tertiary/aromatic N) is 2. The van der Waals surface area contributed by atoms with E-state index in [1.807, 2.05) is 12.1 Å². The second-order valence-electron chi connectivity index (χ2n) is 6.86. The van der Waals surface area contributed by atoms with Crippen LogP contribution in [0.2, 0.25) is 0 Å². The highest BCUT2D eigenvalue weighted by atomic mass is 32.2. The van der Waals surface area contributed by atoms with Crippen molar-refractivity contribution < 1.29 is 31.1 Å². The Hall–Kier alpha value is -2.70. The molecular formula is C19H21F3N4O4S. The van der Waals surface area contributed by atoms with E-state index in [2.05, 4.69) is 19.9 Å². The number of sulfonamides is 1. The molecule has 1 fully saturated rings. The van der Waals surface area contributed by atoms with Crippen molar-refractivity contribution in [2.75, 3.05) is 36.5 Å². The Kier molecular flexibility index (Phi) is 6.82. The number of carbonyl (C=O) groups excluding carboxylic acids is 1. The Morgan fingerprint density at radius 3 is 2.32 bits per heavy atom. The number of amides is 1. The van der Waals surface area contributed by atoms with E-state index in [4.69, 9.17) is 4.74 Å². The summed E-state index contributed by atoms with van der Waals surface area (Å²) in [5.74, 6) is -0.623. The van der Waals surface area contributed by atoms with Crippen molar-refractivity contribution in [1.29, 1.82) is 0 Å². The van der Waals surface area contributed by atoms with E-state index in [9.17, 15) is 26.4 Å². The third kappa shape index (κ3) is 5.93. The van der Waals surface area contributed by atoms with Crippen molar-refractivity contribution in [2.45, 2.75) is 24.0 Å². The zero-order valence-corrected chi connectivity index (χ0v) is 17.3. The third-order valence-electron chi connectivity index (χ3n) is 4.57. The largest absolute Gasteiger partial charge is 0.433 e. The van der Waals surface area contributed by atoms with Crippen LogP contribution in [-0.2, 0) is 25.7 Å². The van der Waals surface area contributed by atoms with Crippen LogP contribution in [0.1, 0.15) is 12.6 Å². The minimum absolute atomic E-state index is 0.476. The number of aromatic nitrogens is 1. The summed E-state index contributed by atoms with van der Waals surface area (Å²) in [7, 11) is -4.24. The summed E-state index contributed by atoms with van der Waals surface area (Å²) in [5.41, 5.74) is 0.242. The van der Waals surface area contributed by atoms with Crippen LogP contribution in [0.3, 0.4) is 0 Å². The predicted octanol–water partition coefficient (Wildman–Crippen LogP) is 2.24. The van der Waals surface area contributed by atoms with Gasteiger partial charge in [-0.05, 0) is 43.3 Å². The van der Waals surface area contributed by atoms with Crippen molar-refractivity contribution in [3.63, 3.8) is 0 Å². The van der Waals surface area contributed by atoms with Gasteiger partial charge in [0.1, 0.15) is 10.6 Å². The topological polar surface area (TPSA) is 101 Å². The normalized spacial score (nSPS) is 16.1. The zero-order valence-electron chi connectivity index (χ0n) is 16.5. The second kappa shape index (κ2) is 9.20. The molecule has 1 amide bonds. The first-order valence-corrected chi connectivity index (χ1v) is 10.8. The van der Waals surface area contributed by atoms with E-state index in [0.717, 1.165) is 24.8 Å². The molecule has 1 aromatic carbocycles. The van der Waals surface area contributed by atoms with Crippen molar-refractivity contribution in [1.82, 2.24) is 9.71 Å². The summed E-state index contributed by atoms with van der Waals surface area (Å²) >= 11 is 0. The number of hydrogen-bond donors (Lipinski definition) is 2. The molecule has 0 radical (unpaired) electrons. The molecule has 2 aromatic rings. The standard InChI is InChI=1S/C19H21F3N4O4S/c1-13(25-31(28,29)16-6-7-17(23-12-16)19(20,21)22)18(27)24-14-2-4-15(5-3-14)26-8-10-30-11-9-26/h2-7,12-13,25H,8-11H2,1H3,(H,24,27). The molecule has 0 bridgehead atoms. The molecule has 0 saturated carbocycles. The van der Waals surface area contributed by atoms with Crippen LogP contribution in [0, 0.1) is 0 Å². The monoisotopic (exact) mass is 458 g/mol. The van der Waals surface area contributed by atoms with Gasteiger partial charge in [0, 0.05) is 30.7 Å². The SMILES string of the molecule is CC(NS(=O)(=O)c1ccc(C(F)(F)F)nc1)C(=O)Nc1ccc(N2CCOCC2)cc1. The highest BCUT2D eigenvalue weighted by Crippen LogP contribution is 2.27. The van der Waals surface area contributed by atoms with Gasteiger partial charge in [-0.15, -0.1) is 0 Å². The number of alkyl halides is 3. The number of nitrogens with one attached hydrogen (secondary N) is 2. The molecule has 1 aliphatic rings. The van der Waals surface area contributed by atoms with E-state index in [1.165, 1.54) is 6.92 Å². The zero-order chi connectivity index (χ0) is 22.6. The van der Waals surface area contributed by atoms with Gasteiger partial charge >= 0.3 is 6.18 Å². The van der Waals surface area contributed by atoms with Crippen molar-refractivity contribution in [2.24, 2.45) is 0 Å². The number of hydrogen-bond acceptors (Lipinski definition) is 6. The van der Waals surface area contributed by atoms with Gasteiger partial charge in [-0.25, -0.2) is 8.42 Å². The van der Waals surface area contributed by atoms with Gasteiger partial charge in [0.25, 0.3) is 0 Å². The molecule has 2 heterocycles. The lowest BCUT2D eigenvalue weighted by molar-refractivity contribution is -0.141. The van der Waals surface area contributed by atoms with Gasteiger partial charge in [0.05, 0.1) is 19.3 Å². The van der Waals surface area contributed by atoms with Crippen LogP contribution in [0.15, 0.2) is 47.5 Å². The first-order valence-electron chi connectivity index (χ1n) is 9.35. The summed E-state index contributed by atoms with van der Waals surface area (Å²) in [4.78, 5) is 17.2. The first kappa shape index (κ1) is 23.0. The van der Waals surface area contributed by atoms with Crippen LogP contribution in [0.25, 0.3) is 0 Å². The number of ether oxygens (including phenoxy) is 1. The molecule has 1 atom stereocenters. The lowest BCUT2D eigenvalue weighted by Gasteiger charge is -2.29. The van der Waals surface area contributed by atoms with Crippen molar-refractivity contribution in [3.05, 3.63) is 48.3 Å². The number of pyridine rings is 1. The van der Waals surface area contributed by atoms with Gasteiger partial charge in [-0.2, -0.15) is 17.9 Å². The van der Waals surface area contributed by atoms with Gasteiger partial charge in [-0.3, -0.25) is 9.78 Å². The third-order valence-corrected chi connectivity index (χ3v) is 6.10. The van der Waals surface area contributed by atoms with Gasteiger partial charge in [-0.1, -0.05) is 0 Å². The quantitative estimate of drug-likeness (QED) is 0.689. The number of anilines is 2. The van der Waals surface area contributed by atoms with E-state index in [-0.39, 0.29) is 0 Å². The highest BCUT2D eigenvalue weighted by molar-refractivity contribution is 7.89. The van der Waals surface area contributed by atoms with E-state index >= 15 is 0 Å². The number of benzene rings is 1. The Bertz CT molecular complexity index is 1010. The second-order valence-corrected chi connectivity index (χ2v) is 8.57. The Labute approximate surface area is 177 Å². The molecule has 0 spiro atoms. The molecule has 3 rings (SSSR count). The molecule has 1 aromatic heterocycles. The molecule has 1 aliphatic heterocycles. The van der Waals surface area contributed by atoms with Crippen LogP contribution in [-0.4, -0.2) is 51.7 Å². The lowest BCUT2D eigenvalue weighted by atomic mass is 10.2. The fourth-order valence-electron chi connectivity index (χ4n) is 2.89. The van der Waals surface area contributed by atoms with Crippen molar-refractivity contribution >= 4 is 27.3 Å². The summed E-state index contributed by atoms with van der Waals surface area (Å²) in [6.07, 6.45) is -4.08. The molecule has 31 heavy (non-hydrogen) atoms. The summed E-state index contributed by atoms with van der Waals surface area (Å²) in [5, 5.41) is 2.60. The molecule has 168 valence electrons. The fourth-order valence-corrected chi connectivity index (χ4v) is 4.04. The van der Waals surface area contributed by atoms with E-state index in [1.54, 1.807) is 12.1 Å². The molecule has 1 unspecified atom stereocenters. The number of carbonyl (C=O) groups is 1. The molecule has 8 nitrogen and oxygen atoms in total. The smallest absolute Gasteiger partial charge is 0.378 e. The van der Waals surface area contributed by atoms with Crippen LogP contribution < -0.4 is 14.9 Å². The minimum atomic E-state index is -4.68. The first-order chi connectivity index (χ1) is 14.6. The number of halogens is 3. The van der Waals surface area contributed by atoms with Gasteiger partial charge < -0.3 is 15.0 Å². The molecule has 1 saturated heterocycles. The number of morpholine rings is 1. The van der Waals surface area contributed by atoms with Gasteiger partial charge in [0.15, 0.2) is 0 Å². The van der Waals surface area contributed by atoms with E-state index in [0.29, 0.717) is 31.2 Å². The highest BCUT2D eigenvalue weighted by Gasteiger charge is 2.33. The average Bonchev–Trinajstić information content (AvgIpc) is 2.74. The molecular weight excluding hydrogens is 437 g/mol. The Balaban J connectivity index is 1.60. The molecule has 0 aliphatic carbocycles. The fraction of sp³-hybridized carbons (Fsp3) is 0.368. The van der Waals surface area contributed by atoms with Gasteiger partial charge in [0.2, 0.25) is 15.9 Å². The van der Waals surface area contributed by atoms with Crippen LogP contribution in [0.4, 0.5) is 24.5 Å². The predicted molar refractivity (Wildman–Crippen MR) is 107 cm³/mol. The maximum Gasteiger partial charge on any atom is 0.433 e. The summed E-state index contributed by atoms with van der Waals surface area (Å²) in [6.45, 7) is 4.15. The van der Waals surface area contributed by atoms with Crippen molar-refractivity contribution in [3.8, 4) is 0 Å². The molecule has 2 N–H and O–H groups in total. The Morgan fingerprint density at radius 1 is 1.13 bits per heavy atom. The van der Waals surface area contributed by atoms with Crippen LogP contribution >= 0.6 is 0 Å². The maximum atomic E-state index is 12.6. The lowest BCUT2D eigenvalue weighted by Crippen LogP contribution is -2.41. The summed E-state index contributed by atoms with van der Waals surface area (Å²) < 4.78 is 69.9. The summed E-state index contributed by atoms with van der Waals surface area (Å²) in [6, 6.07) is 7.24. The maximum absolute atomic E-state index is 12.6.